The molecule has 0 unspecified atom stereocenters. The minimum Gasteiger partial charge on any atom is -0.352 e. The van der Waals surface area contributed by atoms with Gasteiger partial charge in [0.25, 0.3) is 0 Å². The predicted molar refractivity (Wildman–Crippen MR) is 124 cm³/mol. The van der Waals surface area contributed by atoms with Gasteiger partial charge in [0.2, 0.25) is 11.8 Å². The fraction of sp³-hybridized carbons (Fsp3) is 0.391. The number of benzene rings is 2. The lowest BCUT2D eigenvalue weighted by atomic mass is 10.1. The van der Waals surface area contributed by atoms with Crippen molar-refractivity contribution in [1.82, 2.24) is 10.2 Å². The molecule has 4 nitrogen and oxygen atoms in total. The number of nitrogens with zero attached hydrogens (tertiary/aromatic N) is 1. The van der Waals surface area contributed by atoms with Crippen LogP contribution in [0.5, 0.6) is 0 Å². The standard InChI is InChI=1S/C23H27Cl3N2O2/c1-4-15(3)27-23(30)21(5-2)28(14-16-9-11-17(24)12-10-16)22(29)13-18-19(25)7-6-8-20(18)26/h6-12,15,21H,4-5,13-14H2,1-3H3,(H,27,30)/t15-,21+/m0/s1. The van der Waals surface area contributed by atoms with Gasteiger partial charge in [0.1, 0.15) is 6.04 Å². The fourth-order valence-electron chi connectivity index (χ4n) is 3.10. The molecule has 2 aromatic rings. The summed E-state index contributed by atoms with van der Waals surface area (Å²) in [6, 6.07) is 11.8. The van der Waals surface area contributed by atoms with Gasteiger partial charge in [0.05, 0.1) is 6.42 Å². The summed E-state index contributed by atoms with van der Waals surface area (Å²) in [6.45, 7) is 6.12. The SMILES string of the molecule is CC[C@H](C(=O)N[C@@H](C)CC)N(Cc1ccc(Cl)cc1)C(=O)Cc1c(Cl)cccc1Cl. The summed E-state index contributed by atoms with van der Waals surface area (Å²) in [5.41, 5.74) is 1.44. The third-order valence-electron chi connectivity index (χ3n) is 5.04. The minimum atomic E-state index is -0.608. The molecule has 2 aromatic carbocycles. The molecule has 0 fully saturated rings. The second kappa shape index (κ2) is 11.6. The van der Waals surface area contributed by atoms with Crippen LogP contribution < -0.4 is 5.32 Å². The molecule has 2 atom stereocenters. The highest BCUT2D eigenvalue weighted by Crippen LogP contribution is 2.26. The van der Waals surface area contributed by atoms with Gasteiger partial charge in [-0.3, -0.25) is 9.59 Å². The highest BCUT2D eigenvalue weighted by molar-refractivity contribution is 6.36. The Morgan fingerprint density at radius 1 is 0.967 bits per heavy atom. The van der Waals surface area contributed by atoms with Crippen molar-refractivity contribution >= 4 is 46.6 Å². The largest absolute Gasteiger partial charge is 0.352 e. The smallest absolute Gasteiger partial charge is 0.243 e. The van der Waals surface area contributed by atoms with Gasteiger partial charge in [-0.15, -0.1) is 0 Å². The number of carbonyl (C=O) groups is 2. The van der Waals surface area contributed by atoms with Crippen molar-refractivity contribution in [2.24, 2.45) is 0 Å². The zero-order valence-electron chi connectivity index (χ0n) is 17.4. The molecule has 0 aliphatic rings. The van der Waals surface area contributed by atoms with Crippen molar-refractivity contribution in [1.29, 1.82) is 0 Å². The van der Waals surface area contributed by atoms with Gasteiger partial charge in [-0.2, -0.15) is 0 Å². The Morgan fingerprint density at radius 3 is 2.10 bits per heavy atom. The van der Waals surface area contributed by atoms with Crippen molar-refractivity contribution in [2.75, 3.05) is 0 Å². The fourth-order valence-corrected chi connectivity index (χ4v) is 3.76. The van der Waals surface area contributed by atoms with Gasteiger partial charge in [0, 0.05) is 27.7 Å². The van der Waals surface area contributed by atoms with E-state index in [0.29, 0.717) is 27.1 Å². The first-order chi connectivity index (χ1) is 14.3. The van der Waals surface area contributed by atoms with Crippen LogP contribution in [0, 0.1) is 0 Å². The number of halogens is 3. The molecule has 0 aromatic heterocycles. The first kappa shape index (κ1) is 24.5. The van der Waals surface area contributed by atoms with E-state index < -0.39 is 6.04 Å². The quantitative estimate of drug-likeness (QED) is 0.496. The Bertz CT molecular complexity index is 851. The average Bonchev–Trinajstić information content (AvgIpc) is 2.71. The minimum absolute atomic E-state index is 0.0131. The summed E-state index contributed by atoms with van der Waals surface area (Å²) < 4.78 is 0. The van der Waals surface area contributed by atoms with E-state index in [1.54, 1.807) is 35.2 Å². The van der Waals surface area contributed by atoms with E-state index in [9.17, 15) is 9.59 Å². The summed E-state index contributed by atoms with van der Waals surface area (Å²) in [5.74, 6) is -0.384. The van der Waals surface area contributed by atoms with Crippen LogP contribution >= 0.6 is 34.8 Å². The summed E-state index contributed by atoms with van der Waals surface area (Å²) in [6.07, 6.45) is 1.31. The zero-order valence-corrected chi connectivity index (χ0v) is 19.7. The monoisotopic (exact) mass is 468 g/mol. The maximum atomic E-state index is 13.4. The summed E-state index contributed by atoms with van der Waals surface area (Å²) in [4.78, 5) is 27.9. The molecule has 2 rings (SSSR count). The molecular formula is C23H27Cl3N2O2. The molecule has 1 N–H and O–H groups in total. The Balaban J connectivity index is 2.34. The number of amides is 2. The van der Waals surface area contributed by atoms with Gasteiger partial charge in [0.15, 0.2) is 0 Å². The molecule has 2 amide bonds. The van der Waals surface area contributed by atoms with Crippen molar-refractivity contribution in [3.8, 4) is 0 Å². The first-order valence-corrected chi connectivity index (χ1v) is 11.2. The molecule has 30 heavy (non-hydrogen) atoms. The Labute approximate surface area is 193 Å². The van der Waals surface area contributed by atoms with E-state index in [-0.39, 0.29) is 30.8 Å². The third-order valence-corrected chi connectivity index (χ3v) is 6.00. The average molecular weight is 470 g/mol. The van der Waals surface area contributed by atoms with Gasteiger partial charge in [-0.05, 0) is 55.2 Å². The van der Waals surface area contributed by atoms with Crippen LogP contribution in [-0.2, 0) is 22.6 Å². The maximum absolute atomic E-state index is 13.4. The van der Waals surface area contributed by atoms with Crippen LogP contribution in [0.2, 0.25) is 15.1 Å². The molecule has 0 saturated carbocycles. The van der Waals surface area contributed by atoms with Crippen LogP contribution in [0.3, 0.4) is 0 Å². The molecule has 0 heterocycles. The van der Waals surface area contributed by atoms with Crippen LogP contribution in [-0.4, -0.2) is 28.8 Å². The number of carbonyl (C=O) groups excluding carboxylic acids is 2. The summed E-state index contributed by atoms with van der Waals surface area (Å²) in [5, 5.41) is 4.46. The third kappa shape index (κ3) is 6.63. The van der Waals surface area contributed by atoms with E-state index in [4.69, 9.17) is 34.8 Å². The lowest BCUT2D eigenvalue weighted by Crippen LogP contribution is -2.51. The van der Waals surface area contributed by atoms with E-state index in [0.717, 1.165) is 12.0 Å². The topological polar surface area (TPSA) is 49.4 Å². The molecule has 7 heteroatoms. The summed E-state index contributed by atoms with van der Waals surface area (Å²) in [7, 11) is 0. The van der Waals surface area contributed by atoms with Crippen molar-refractivity contribution in [2.45, 2.75) is 58.7 Å². The number of nitrogens with one attached hydrogen (secondary N) is 1. The van der Waals surface area contributed by atoms with Crippen molar-refractivity contribution < 1.29 is 9.59 Å². The van der Waals surface area contributed by atoms with Crippen LogP contribution in [0.25, 0.3) is 0 Å². The highest BCUT2D eigenvalue weighted by atomic mass is 35.5. The van der Waals surface area contributed by atoms with E-state index >= 15 is 0 Å². The molecule has 0 aliphatic carbocycles. The van der Waals surface area contributed by atoms with Gasteiger partial charge in [-0.1, -0.05) is 66.8 Å². The van der Waals surface area contributed by atoms with Crippen LogP contribution in [0.1, 0.15) is 44.7 Å². The molecule has 0 spiro atoms. The molecule has 0 aliphatic heterocycles. The van der Waals surface area contributed by atoms with E-state index in [2.05, 4.69) is 5.32 Å². The van der Waals surface area contributed by atoms with Crippen molar-refractivity contribution in [3.63, 3.8) is 0 Å². The Kier molecular flexibility index (Phi) is 9.47. The molecule has 0 radical (unpaired) electrons. The zero-order chi connectivity index (χ0) is 22.3. The molecular weight excluding hydrogens is 443 g/mol. The first-order valence-electron chi connectivity index (χ1n) is 10.0. The number of hydrogen-bond donors (Lipinski definition) is 1. The van der Waals surface area contributed by atoms with E-state index in [1.807, 2.05) is 32.9 Å². The van der Waals surface area contributed by atoms with E-state index in [1.165, 1.54) is 0 Å². The predicted octanol–water partition coefficient (Wildman–Crippen LogP) is 5.91. The lowest BCUT2D eigenvalue weighted by Gasteiger charge is -2.31. The highest BCUT2D eigenvalue weighted by Gasteiger charge is 2.30. The second-order valence-electron chi connectivity index (χ2n) is 7.27. The van der Waals surface area contributed by atoms with Gasteiger partial charge < -0.3 is 10.2 Å². The molecule has 0 saturated heterocycles. The normalized spacial score (nSPS) is 12.9. The maximum Gasteiger partial charge on any atom is 0.243 e. The number of hydrogen-bond acceptors (Lipinski definition) is 2. The second-order valence-corrected chi connectivity index (χ2v) is 8.52. The lowest BCUT2D eigenvalue weighted by molar-refractivity contribution is -0.141. The number of rotatable bonds is 9. The Morgan fingerprint density at radius 2 is 1.57 bits per heavy atom. The van der Waals surface area contributed by atoms with Crippen LogP contribution in [0.15, 0.2) is 42.5 Å². The van der Waals surface area contributed by atoms with Gasteiger partial charge >= 0.3 is 0 Å². The van der Waals surface area contributed by atoms with Crippen molar-refractivity contribution in [3.05, 3.63) is 68.7 Å². The molecule has 162 valence electrons. The van der Waals surface area contributed by atoms with Crippen LogP contribution in [0.4, 0.5) is 0 Å². The Hall–Kier alpha value is -1.75. The summed E-state index contributed by atoms with van der Waals surface area (Å²) >= 11 is 18.5. The van der Waals surface area contributed by atoms with Gasteiger partial charge in [-0.25, -0.2) is 0 Å². The molecule has 0 bridgehead atoms.